The SMILES string of the molecule is CC.COc1ccn2c(C)c(C3CC3c3c(C)nc4n(c3=O)CCCC4)nc2c1. The summed E-state index contributed by atoms with van der Waals surface area (Å²) in [5, 5.41) is 0. The third-order valence-electron chi connectivity index (χ3n) is 6.13. The Hall–Kier alpha value is -2.63. The van der Waals surface area contributed by atoms with Crippen LogP contribution >= 0.6 is 0 Å². The van der Waals surface area contributed by atoms with Gasteiger partial charge >= 0.3 is 0 Å². The second-order valence-corrected chi connectivity index (χ2v) is 7.77. The minimum atomic E-state index is 0.174. The predicted octanol–water partition coefficient (Wildman–Crippen LogP) is 4.15. The molecule has 1 aliphatic heterocycles. The van der Waals surface area contributed by atoms with Crippen molar-refractivity contribution in [2.75, 3.05) is 7.11 Å². The summed E-state index contributed by atoms with van der Waals surface area (Å²) < 4.78 is 9.32. The quantitative estimate of drug-likeness (QED) is 0.669. The van der Waals surface area contributed by atoms with E-state index in [1.165, 1.54) is 0 Å². The molecule has 2 atom stereocenters. The molecule has 0 N–H and O–H groups in total. The Balaban J connectivity index is 0.000000994. The topological polar surface area (TPSA) is 61.4 Å². The van der Waals surface area contributed by atoms with Gasteiger partial charge in [-0.1, -0.05) is 13.8 Å². The third kappa shape index (κ3) is 3.24. The van der Waals surface area contributed by atoms with Crippen LogP contribution in [-0.4, -0.2) is 26.0 Å². The minimum Gasteiger partial charge on any atom is -0.497 e. The van der Waals surface area contributed by atoms with Gasteiger partial charge in [0.05, 0.1) is 12.8 Å². The van der Waals surface area contributed by atoms with Gasteiger partial charge in [-0.25, -0.2) is 9.97 Å². The van der Waals surface area contributed by atoms with E-state index in [9.17, 15) is 4.79 Å². The molecule has 4 heterocycles. The number of imidazole rings is 1. The molecule has 1 aliphatic carbocycles. The smallest absolute Gasteiger partial charge is 0.257 e. The number of nitrogens with zero attached hydrogens (tertiary/aromatic N) is 4. The lowest BCUT2D eigenvalue weighted by Crippen LogP contribution is -2.31. The van der Waals surface area contributed by atoms with Crippen molar-refractivity contribution in [3.05, 3.63) is 57.2 Å². The highest BCUT2D eigenvalue weighted by molar-refractivity contribution is 5.50. The summed E-state index contributed by atoms with van der Waals surface area (Å²) in [6.45, 7) is 8.89. The van der Waals surface area contributed by atoms with Crippen LogP contribution in [-0.2, 0) is 13.0 Å². The lowest BCUT2D eigenvalue weighted by atomic mass is 10.1. The molecule has 0 amide bonds. The van der Waals surface area contributed by atoms with Crippen molar-refractivity contribution in [2.24, 2.45) is 0 Å². The summed E-state index contributed by atoms with van der Waals surface area (Å²) in [6, 6.07) is 3.90. The van der Waals surface area contributed by atoms with E-state index in [-0.39, 0.29) is 11.5 Å². The number of aromatic nitrogens is 4. The van der Waals surface area contributed by atoms with E-state index in [0.717, 1.165) is 72.1 Å². The van der Waals surface area contributed by atoms with Crippen molar-refractivity contribution >= 4 is 5.65 Å². The maximum absolute atomic E-state index is 13.1. The summed E-state index contributed by atoms with van der Waals surface area (Å²) in [7, 11) is 1.67. The van der Waals surface area contributed by atoms with E-state index >= 15 is 0 Å². The molecule has 0 spiro atoms. The Morgan fingerprint density at radius 3 is 2.69 bits per heavy atom. The van der Waals surface area contributed by atoms with Crippen LogP contribution < -0.4 is 10.3 Å². The maximum atomic E-state index is 13.1. The van der Waals surface area contributed by atoms with Crippen molar-refractivity contribution in [3.8, 4) is 5.75 Å². The Morgan fingerprint density at radius 1 is 1.14 bits per heavy atom. The molecule has 6 heteroatoms. The largest absolute Gasteiger partial charge is 0.497 e. The zero-order valence-electron chi connectivity index (χ0n) is 18.0. The lowest BCUT2D eigenvalue weighted by molar-refractivity contribution is 0.414. The maximum Gasteiger partial charge on any atom is 0.257 e. The third-order valence-corrected chi connectivity index (χ3v) is 6.13. The van der Waals surface area contributed by atoms with Crippen molar-refractivity contribution in [3.63, 3.8) is 0 Å². The van der Waals surface area contributed by atoms with Crippen molar-refractivity contribution < 1.29 is 4.74 Å². The normalized spacial score (nSPS) is 20.0. The number of rotatable bonds is 3. The molecule has 0 radical (unpaired) electrons. The molecular weight excluding hydrogens is 364 g/mol. The molecule has 0 aromatic carbocycles. The van der Waals surface area contributed by atoms with Gasteiger partial charge in [-0.3, -0.25) is 9.36 Å². The fourth-order valence-corrected chi connectivity index (χ4v) is 4.59. The molecule has 5 rings (SSSR count). The lowest BCUT2D eigenvalue weighted by Gasteiger charge is -2.19. The highest BCUT2D eigenvalue weighted by atomic mass is 16.5. The average Bonchev–Trinajstić information content (AvgIpc) is 3.45. The van der Waals surface area contributed by atoms with Gasteiger partial charge in [0.2, 0.25) is 0 Å². The summed E-state index contributed by atoms with van der Waals surface area (Å²) in [4.78, 5) is 22.7. The molecule has 29 heavy (non-hydrogen) atoms. The number of hydrogen-bond acceptors (Lipinski definition) is 4. The summed E-state index contributed by atoms with van der Waals surface area (Å²) >= 11 is 0. The van der Waals surface area contributed by atoms with Crippen LogP contribution in [0, 0.1) is 13.8 Å². The summed E-state index contributed by atoms with van der Waals surface area (Å²) in [5.74, 6) is 2.29. The highest BCUT2D eigenvalue weighted by Crippen LogP contribution is 2.54. The average molecular weight is 395 g/mol. The van der Waals surface area contributed by atoms with Crippen LogP contribution in [0.3, 0.4) is 0 Å². The molecule has 3 aromatic heterocycles. The van der Waals surface area contributed by atoms with Gasteiger partial charge < -0.3 is 9.14 Å². The van der Waals surface area contributed by atoms with Crippen LogP contribution in [0.4, 0.5) is 0 Å². The van der Waals surface area contributed by atoms with Gasteiger partial charge in [0.1, 0.15) is 17.2 Å². The molecule has 3 aromatic rings. The van der Waals surface area contributed by atoms with E-state index in [4.69, 9.17) is 14.7 Å². The van der Waals surface area contributed by atoms with Gasteiger partial charge in [-0.2, -0.15) is 0 Å². The van der Waals surface area contributed by atoms with E-state index in [0.29, 0.717) is 5.92 Å². The monoisotopic (exact) mass is 394 g/mol. The van der Waals surface area contributed by atoms with Crippen molar-refractivity contribution in [2.45, 2.75) is 71.8 Å². The van der Waals surface area contributed by atoms with E-state index in [1.54, 1.807) is 7.11 Å². The first-order valence-electron chi connectivity index (χ1n) is 10.7. The molecule has 2 unspecified atom stereocenters. The Kier molecular flexibility index (Phi) is 5.19. The number of methoxy groups -OCH3 is 1. The second-order valence-electron chi connectivity index (χ2n) is 7.77. The molecular formula is C23H30N4O2. The van der Waals surface area contributed by atoms with E-state index in [2.05, 4.69) is 11.3 Å². The number of aryl methyl sites for hydroxylation is 3. The van der Waals surface area contributed by atoms with Gasteiger partial charge in [-0.15, -0.1) is 0 Å². The number of pyridine rings is 1. The Morgan fingerprint density at radius 2 is 1.93 bits per heavy atom. The molecule has 0 saturated heterocycles. The first-order chi connectivity index (χ1) is 14.1. The summed E-state index contributed by atoms with van der Waals surface area (Å²) in [5.41, 5.74) is 5.11. The van der Waals surface area contributed by atoms with Crippen molar-refractivity contribution in [1.29, 1.82) is 0 Å². The van der Waals surface area contributed by atoms with Crippen molar-refractivity contribution in [1.82, 2.24) is 18.9 Å². The Bertz CT molecular complexity index is 1110. The summed E-state index contributed by atoms with van der Waals surface area (Å²) in [6.07, 6.45) is 6.08. The van der Waals surface area contributed by atoms with Gasteiger partial charge in [0.25, 0.3) is 5.56 Å². The molecule has 0 bridgehead atoms. The zero-order chi connectivity index (χ0) is 20.7. The number of ether oxygens (including phenoxy) is 1. The van der Waals surface area contributed by atoms with Crippen LogP contribution in [0.1, 0.15) is 73.4 Å². The highest BCUT2D eigenvalue weighted by Gasteiger charge is 2.45. The number of fused-ring (bicyclic) bond motifs is 2. The Labute approximate surface area is 171 Å². The second kappa shape index (κ2) is 7.65. The fraction of sp³-hybridized carbons (Fsp3) is 0.522. The standard InChI is InChI=1S/C21H24N4O2.C2H6/c1-12-19(21(26)25-8-5-4-6-17(25)22-12)15-11-16(15)20-13(2)24-9-7-14(27-3)10-18(24)23-20;1-2/h7,9-10,15-16H,4-6,8,11H2,1-3H3;1-2H3. The van der Waals surface area contributed by atoms with Crippen LogP contribution in [0.25, 0.3) is 5.65 Å². The van der Waals surface area contributed by atoms with Gasteiger partial charge in [-0.05, 0) is 39.2 Å². The van der Waals surface area contributed by atoms with E-state index < -0.39 is 0 Å². The minimum absolute atomic E-state index is 0.174. The fourth-order valence-electron chi connectivity index (χ4n) is 4.59. The molecule has 1 saturated carbocycles. The van der Waals surface area contributed by atoms with Crippen LogP contribution in [0.15, 0.2) is 23.1 Å². The molecule has 1 fully saturated rings. The zero-order valence-corrected chi connectivity index (χ0v) is 18.0. The van der Waals surface area contributed by atoms with Crippen LogP contribution in [0.2, 0.25) is 0 Å². The molecule has 2 aliphatic rings. The first-order valence-corrected chi connectivity index (χ1v) is 10.7. The van der Waals surface area contributed by atoms with Gasteiger partial charge in [0, 0.05) is 54.0 Å². The van der Waals surface area contributed by atoms with E-state index in [1.807, 2.05) is 43.7 Å². The van der Waals surface area contributed by atoms with Crippen LogP contribution in [0.5, 0.6) is 5.75 Å². The first kappa shape index (κ1) is 19.7. The predicted molar refractivity (Wildman–Crippen MR) is 114 cm³/mol. The van der Waals surface area contributed by atoms with Gasteiger partial charge in [0.15, 0.2) is 0 Å². The number of hydrogen-bond donors (Lipinski definition) is 0. The molecule has 6 nitrogen and oxygen atoms in total. The molecule has 154 valence electrons.